The maximum absolute atomic E-state index is 12.1. The summed E-state index contributed by atoms with van der Waals surface area (Å²) in [7, 11) is 0. The van der Waals surface area contributed by atoms with E-state index in [4.69, 9.17) is 0 Å². The number of nitrogens with zero attached hydrogens (tertiary/aromatic N) is 3. The molecule has 0 aliphatic heterocycles. The van der Waals surface area contributed by atoms with Gasteiger partial charge in [0, 0.05) is 13.1 Å². The minimum absolute atomic E-state index is 0.201. The number of rotatable bonds is 7. The van der Waals surface area contributed by atoms with E-state index in [1.165, 1.54) is 5.56 Å². The summed E-state index contributed by atoms with van der Waals surface area (Å²) in [4.78, 5) is 12.1. The number of carbonyl (C=O) groups is 1. The van der Waals surface area contributed by atoms with Crippen LogP contribution in [-0.2, 0) is 19.5 Å². The van der Waals surface area contributed by atoms with Crippen LogP contribution < -0.4 is 5.32 Å². The molecule has 0 radical (unpaired) electrons. The van der Waals surface area contributed by atoms with Gasteiger partial charge in [0.25, 0.3) is 5.91 Å². The summed E-state index contributed by atoms with van der Waals surface area (Å²) in [5, 5.41) is 10.8. The maximum Gasteiger partial charge on any atom is 0.273 e. The molecule has 5 heteroatoms. The summed E-state index contributed by atoms with van der Waals surface area (Å²) in [6.45, 7) is 1.23. The van der Waals surface area contributed by atoms with Crippen molar-refractivity contribution in [2.75, 3.05) is 0 Å². The Morgan fingerprint density at radius 3 is 2.33 bits per heavy atom. The molecule has 3 rings (SSSR count). The monoisotopic (exact) mass is 320 g/mol. The molecule has 2 aromatic carbocycles. The summed E-state index contributed by atoms with van der Waals surface area (Å²) >= 11 is 0. The standard InChI is InChI=1S/C19H20N4O/c24-19(20-14-17-10-5-2-6-11-17)18-15-23(22-21-18)13-7-12-16-8-3-1-4-9-16/h1-6,8-11,15H,7,12-14H2,(H,20,24). The molecule has 0 aliphatic rings. The van der Waals surface area contributed by atoms with Gasteiger partial charge >= 0.3 is 0 Å². The number of carbonyl (C=O) groups excluding carboxylic acids is 1. The third-order valence-corrected chi connectivity index (χ3v) is 3.76. The summed E-state index contributed by atoms with van der Waals surface area (Å²) in [6.07, 6.45) is 3.64. The van der Waals surface area contributed by atoms with E-state index in [1.54, 1.807) is 10.9 Å². The lowest BCUT2D eigenvalue weighted by atomic mass is 10.1. The van der Waals surface area contributed by atoms with E-state index < -0.39 is 0 Å². The van der Waals surface area contributed by atoms with Crippen LogP contribution in [-0.4, -0.2) is 20.9 Å². The van der Waals surface area contributed by atoms with Crippen LogP contribution in [0.3, 0.4) is 0 Å². The van der Waals surface area contributed by atoms with Crippen LogP contribution in [0.2, 0.25) is 0 Å². The summed E-state index contributed by atoms with van der Waals surface area (Å²) in [5.41, 5.74) is 2.71. The molecular formula is C19H20N4O. The average molecular weight is 320 g/mol. The number of amides is 1. The Hall–Kier alpha value is -2.95. The topological polar surface area (TPSA) is 59.8 Å². The lowest BCUT2D eigenvalue weighted by molar-refractivity contribution is 0.0946. The number of aryl methyl sites for hydroxylation is 2. The number of hydrogen-bond donors (Lipinski definition) is 1. The largest absolute Gasteiger partial charge is 0.347 e. The van der Waals surface area contributed by atoms with E-state index in [2.05, 4.69) is 27.8 Å². The zero-order valence-electron chi connectivity index (χ0n) is 13.4. The Labute approximate surface area is 141 Å². The summed E-state index contributed by atoms with van der Waals surface area (Å²) in [5.74, 6) is -0.201. The van der Waals surface area contributed by atoms with Gasteiger partial charge in [-0.2, -0.15) is 0 Å². The Kier molecular flexibility index (Phi) is 5.35. The van der Waals surface area contributed by atoms with E-state index in [0.29, 0.717) is 12.2 Å². The highest BCUT2D eigenvalue weighted by Gasteiger charge is 2.10. The first-order valence-corrected chi connectivity index (χ1v) is 8.07. The Morgan fingerprint density at radius 2 is 1.62 bits per heavy atom. The second-order valence-electron chi connectivity index (χ2n) is 5.62. The van der Waals surface area contributed by atoms with Crippen molar-refractivity contribution in [2.45, 2.75) is 25.9 Å². The van der Waals surface area contributed by atoms with Gasteiger partial charge in [0.15, 0.2) is 5.69 Å². The van der Waals surface area contributed by atoms with E-state index in [0.717, 1.165) is 24.9 Å². The Morgan fingerprint density at radius 1 is 0.958 bits per heavy atom. The molecule has 1 aromatic heterocycles. The van der Waals surface area contributed by atoms with Crippen molar-refractivity contribution in [3.8, 4) is 0 Å². The van der Waals surface area contributed by atoms with Gasteiger partial charge in [0.05, 0.1) is 6.20 Å². The summed E-state index contributed by atoms with van der Waals surface area (Å²) < 4.78 is 1.72. The van der Waals surface area contributed by atoms with E-state index >= 15 is 0 Å². The van der Waals surface area contributed by atoms with Gasteiger partial charge in [0.2, 0.25) is 0 Å². The average Bonchev–Trinajstić information content (AvgIpc) is 3.10. The first-order valence-electron chi connectivity index (χ1n) is 8.07. The van der Waals surface area contributed by atoms with Crippen LogP contribution in [0.25, 0.3) is 0 Å². The van der Waals surface area contributed by atoms with Crippen molar-refractivity contribution in [3.05, 3.63) is 83.7 Å². The third kappa shape index (κ3) is 4.52. The van der Waals surface area contributed by atoms with Gasteiger partial charge in [-0.3, -0.25) is 9.48 Å². The molecule has 1 heterocycles. The van der Waals surface area contributed by atoms with Crippen molar-refractivity contribution in [2.24, 2.45) is 0 Å². The molecule has 3 aromatic rings. The number of benzene rings is 2. The predicted molar refractivity (Wildman–Crippen MR) is 92.4 cm³/mol. The summed E-state index contributed by atoms with van der Waals surface area (Å²) in [6, 6.07) is 20.1. The van der Waals surface area contributed by atoms with Crippen LogP contribution in [0.1, 0.15) is 28.0 Å². The predicted octanol–water partition coefficient (Wildman–Crippen LogP) is 2.84. The molecule has 24 heavy (non-hydrogen) atoms. The molecule has 5 nitrogen and oxygen atoms in total. The highest BCUT2D eigenvalue weighted by atomic mass is 16.2. The third-order valence-electron chi connectivity index (χ3n) is 3.76. The molecule has 0 saturated carbocycles. The lowest BCUT2D eigenvalue weighted by Crippen LogP contribution is -2.23. The fourth-order valence-electron chi connectivity index (χ4n) is 2.47. The number of aromatic nitrogens is 3. The van der Waals surface area contributed by atoms with Crippen molar-refractivity contribution in [1.82, 2.24) is 20.3 Å². The molecule has 1 amide bonds. The van der Waals surface area contributed by atoms with Gasteiger partial charge in [0.1, 0.15) is 0 Å². The second kappa shape index (κ2) is 8.06. The maximum atomic E-state index is 12.1. The van der Waals surface area contributed by atoms with Crippen LogP contribution in [0.15, 0.2) is 66.9 Å². The molecule has 0 bridgehead atoms. The first-order chi connectivity index (χ1) is 11.8. The van der Waals surface area contributed by atoms with Crippen molar-refractivity contribution >= 4 is 5.91 Å². The molecule has 1 N–H and O–H groups in total. The van der Waals surface area contributed by atoms with Crippen LogP contribution in [0.4, 0.5) is 0 Å². The Bertz CT molecular complexity index is 768. The van der Waals surface area contributed by atoms with E-state index in [1.807, 2.05) is 48.5 Å². The number of hydrogen-bond acceptors (Lipinski definition) is 3. The van der Waals surface area contributed by atoms with Crippen LogP contribution in [0.5, 0.6) is 0 Å². The molecule has 0 fully saturated rings. The van der Waals surface area contributed by atoms with Gasteiger partial charge in [-0.15, -0.1) is 5.10 Å². The fraction of sp³-hybridized carbons (Fsp3) is 0.211. The fourth-order valence-corrected chi connectivity index (χ4v) is 2.47. The quantitative estimate of drug-likeness (QED) is 0.728. The lowest BCUT2D eigenvalue weighted by Gasteiger charge is -2.02. The van der Waals surface area contributed by atoms with Crippen LogP contribution >= 0.6 is 0 Å². The zero-order chi connectivity index (χ0) is 16.6. The molecule has 0 aliphatic carbocycles. The molecule has 0 atom stereocenters. The number of nitrogens with one attached hydrogen (secondary N) is 1. The zero-order valence-corrected chi connectivity index (χ0v) is 13.4. The molecule has 122 valence electrons. The SMILES string of the molecule is O=C(NCc1ccccc1)c1cn(CCCc2ccccc2)nn1. The van der Waals surface area contributed by atoms with Crippen molar-refractivity contribution in [1.29, 1.82) is 0 Å². The van der Waals surface area contributed by atoms with Crippen molar-refractivity contribution < 1.29 is 4.79 Å². The highest BCUT2D eigenvalue weighted by Crippen LogP contribution is 2.04. The van der Waals surface area contributed by atoms with Gasteiger partial charge in [-0.1, -0.05) is 65.9 Å². The first kappa shape index (κ1) is 15.9. The van der Waals surface area contributed by atoms with E-state index in [9.17, 15) is 4.79 Å². The second-order valence-corrected chi connectivity index (χ2v) is 5.62. The van der Waals surface area contributed by atoms with Gasteiger partial charge in [-0.05, 0) is 24.0 Å². The molecule has 0 spiro atoms. The van der Waals surface area contributed by atoms with Gasteiger partial charge < -0.3 is 5.32 Å². The minimum atomic E-state index is -0.201. The molecular weight excluding hydrogens is 300 g/mol. The van der Waals surface area contributed by atoms with Crippen molar-refractivity contribution in [3.63, 3.8) is 0 Å². The van der Waals surface area contributed by atoms with Gasteiger partial charge in [-0.25, -0.2) is 0 Å². The van der Waals surface area contributed by atoms with Crippen LogP contribution in [0, 0.1) is 0 Å². The smallest absolute Gasteiger partial charge is 0.273 e. The van der Waals surface area contributed by atoms with E-state index in [-0.39, 0.29) is 5.91 Å². The molecule has 0 unspecified atom stereocenters. The highest BCUT2D eigenvalue weighted by molar-refractivity contribution is 5.91. The minimum Gasteiger partial charge on any atom is -0.347 e. The molecule has 0 saturated heterocycles. The normalized spacial score (nSPS) is 10.5. The Balaban J connectivity index is 1.47.